The number of benzene rings is 1. The van der Waals surface area contributed by atoms with Crippen molar-refractivity contribution in [2.45, 2.75) is 0 Å². The summed E-state index contributed by atoms with van der Waals surface area (Å²) in [6, 6.07) is 4.92. The van der Waals surface area contributed by atoms with E-state index in [9.17, 15) is 9.90 Å². The molecule has 1 aromatic rings. The van der Waals surface area contributed by atoms with Gasteiger partial charge in [0, 0.05) is 15.9 Å². The van der Waals surface area contributed by atoms with Crippen LogP contribution in [0.25, 0.3) is 0 Å². The number of terminal acetylenes is 1. The minimum absolute atomic E-state index is 0.000746. The van der Waals surface area contributed by atoms with E-state index in [2.05, 4.69) is 33.8 Å². The fourth-order valence-electron chi connectivity index (χ4n) is 1.15. The molecule has 1 amide bonds. The molecule has 0 aliphatic rings. The number of amides is 1. The van der Waals surface area contributed by atoms with E-state index < -0.39 is 0 Å². The molecule has 1 rings (SSSR count). The van der Waals surface area contributed by atoms with Crippen molar-refractivity contribution in [1.82, 2.24) is 5.32 Å². The molecule has 0 fully saturated rings. The second-order valence-electron chi connectivity index (χ2n) is 3.17. The van der Waals surface area contributed by atoms with Crippen LogP contribution in [0, 0.1) is 15.9 Å². The van der Waals surface area contributed by atoms with E-state index in [0.29, 0.717) is 17.9 Å². The Morgan fingerprint density at radius 3 is 3.06 bits per heavy atom. The van der Waals surface area contributed by atoms with E-state index in [-0.39, 0.29) is 11.7 Å². The van der Waals surface area contributed by atoms with Gasteiger partial charge < -0.3 is 10.4 Å². The number of nitrogens with one attached hydrogen (secondary N) is 1. The summed E-state index contributed by atoms with van der Waals surface area (Å²) in [7, 11) is 0. The van der Waals surface area contributed by atoms with E-state index in [1.54, 1.807) is 23.9 Å². The van der Waals surface area contributed by atoms with Crippen LogP contribution in [0.15, 0.2) is 18.2 Å². The van der Waals surface area contributed by atoms with Crippen LogP contribution in [0.1, 0.15) is 10.4 Å². The number of aromatic hydroxyl groups is 1. The zero-order valence-corrected chi connectivity index (χ0v) is 12.0. The van der Waals surface area contributed by atoms with Gasteiger partial charge in [0.15, 0.2) is 0 Å². The molecule has 0 saturated carbocycles. The highest BCUT2D eigenvalue weighted by atomic mass is 127. The molecule has 1 aromatic carbocycles. The number of hydrogen-bond acceptors (Lipinski definition) is 3. The van der Waals surface area contributed by atoms with Crippen molar-refractivity contribution in [3.8, 4) is 18.1 Å². The lowest BCUT2D eigenvalue weighted by Gasteiger charge is -2.06. The molecule has 0 saturated heterocycles. The molecule has 0 spiro atoms. The first-order valence-electron chi connectivity index (χ1n) is 4.93. The Bertz CT molecular complexity index is 443. The average molecular weight is 361 g/mol. The molecule has 90 valence electrons. The zero-order chi connectivity index (χ0) is 12.7. The minimum Gasteiger partial charge on any atom is -0.507 e. The number of thioether (sulfide) groups is 1. The van der Waals surface area contributed by atoms with Gasteiger partial charge in [-0.15, -0.1) is 18.2 Å². The fourth-order valence-corrected chi connectivity index (χ4v) is 2.15. The van der Waals surface area contributed by atoms with Gasteiger partial charge in [0.1, 0.15) is 5.75 Å². The molecule has 0 aliphatic heterocycles. The summed E-state index contributed by atoms with van der Waals surface area (Å²) >= 11 is 3.68. The van der Waals surface area contributed by atoms with Crippen LogP contribution in [0.4, 0.5) is 0 Å². The molecule has 0 aromatic heterocycles. The highest BCUT2D eigenvalue weighted by Crippen LogP contribution is 2.19. The largest absolute Gasteiger partial charge is 0.507 e. The third-order valence-electron chi connectivity index (χ3n) is 1.92. The van der Waals surface area contributed by atoms with E-state index >= 15 is 0 Å². The van der Waals surface area contributed by atoms with Crippen LogP contribution in [-0.2, 0) is 0 Å². The van der Waals surface area contributed by atoms with Gasteiger partial charge in [-0.1, -0.05) is 5.92 Å². The molecule has 5 heteroatoms. The van der Waals surface area contributed by atoms with Gasteiger partial charge in [0.2, 0.25) is 0 Å². The summed E-state index contributed by atoms with van der Waals surface area (Å²) in [5.41, 5.74) is 0.304. The maximum Gasteiger partial charge on any atom is 0.255 e. The standard InChI is InChI=1S/C12H12INO2S/c1-2-6-17-7-5-14-12(16)10-8-9(13)3-4-11(10)15/h1,3-4,8,15H,5-7H2,(H,14,16). The second kappa shape index (κ2) is 7.45. The van der Waals surface area contributed by atoms with Gasteiger partial charge in [-0.05, 0) is 40.8 Å². The first kappa shape index (κ1) is 14.2. The Labute approximate surface area is 119 Å². The third-order valence-corrected chi connectivity index (χ3v) is 3.46. The van der Waals surface area contributed by atoms with Crippen LogP contribution < -0.4 is 5.32 Å². The molecule has 0 unspecified atom stereocenters. The number of carbonyl (C=O) groups excluding carboxylic acids is 1. The average Bonchev–Trinajstić information content (AvgIpc) is 2.32. The van der Waals surface area contributed by atoms with E-state index in [1.165, 1.54) is 6.07 Å². The van der Waals surface area contributed by atoms with Gasteiger partial charge in [0.05, 0.1) is 11.3 Å². The van der Waals surface area contributed by atoms with Crippen molar-refractivity contribution in [3.63, 3.8) is 0 Å². The quantitative estimate of drug-likeness (QED) is 0.480. The maximum absolute atomic E-state index is 11.7. The number of hydrogen-bond donors (Lipinski definition) is 2. The van der Waals surface area contributed by atoms with Crippen LogP contribution in [0.5, 0.6) is 5.75 Å². The molecule has 0 radical (unpaired) electrons. The summed E-state index contributed by atoms with van der Waals surface area (Å²) in [5.74, 6) is 3.66. The number of phenols is 1. The summed E-state index contributed by atoms with van der Waals surface area (Å²) < 4.78 is 0.909. The van der Waals surface area contributed by atoms with Gasteiger partial charge >= 0.3 is 0 Å². The van der Waals surface area contributed by atoms with Crippen LogP contribution >= 0.6 is 34.4 Å². The smallest absolute Gasteiger partial charge is 0.255 e. The molecule has 0 heterocycles. The lowest BCUT2D eigenvalue weighted by Crippen LogP contribution is -2.25. The number of halogens is 1. The number of carbonyl (C=O) groups is 1. The lowest BCUT2D eigenvalue weighted by molar-refractivity contribution is 0.0953. The minimum atomic E-state index is -0.262. The first-order chi connectivity index (χ1) is 8.15. The van der Waals surface area contributed by atoms with E-state index in [4.69, 9.17) is 6.42 Å². The maximum atomic E-state index is 11.7. The summed E-state index contributed by atoms with van der Waals surface area (Å²) in [6.45, 7) is 0.538. The Balaban J connectivity index is 2.47. The molecule has 17 heavy (non-hydrogen) atoms. The predicted octanol–water partition coefficient (Wildman–Crippen LogP) is 2.09. The van der Waals surface area contributed by atoms with Crippen molar-refractivity contribution in [2.75, 3.05) is 18.1 Å². The molecule has 0 atom stereocenters. The SMILES string of the molecule is C#CCSCCNC(=O)c1cc(I)ccc1O. The van der Waals surface area contributed by atoms with Gasteiger partial charge in [-0.3, -0.25) is 4.79 Å². The molecule has 0 aliphatic carbocycles. The Hall–Kier alpha value is -0.870. The van der Waals surface area contributed by atoms with E-state index in [0.717, 1.165) is 9.32 Å². The van der Waals surface area contributed by atoms with Gasteiger partial charge in [-0.25, -0.2) is 0 Å². The molecular weight excluding hydrogens is 349 g/mol. The highest BCUT2D eigenvalue weighted by Gasteiger charge is 2.10. The topological polar surface area (TPSA) is 49.3 Å². The number of rotatable bonds is 5. The highest BCUT2D eigenvalue weighted by molar-refractivity contribution is 14.1. The van der Waals surface area contributed by atoms with Crippen LogP contribution in [0.3, 0.4) is 0 Å². The van der Waals surface area contributed by atoms with Gasteiger partial charge in [-0.2, -0.15) is 0 Å². The Morgan fingerprint density at radius 1 is 1.59 bits per heavy atom. The van der Waals surface area contributed by atoms with Crippen molar-refractivity contribution < 1.29 is 9.90 Å². The summed E-state index contributed by atoms with van der Waals surface area (Å²) in [4.78, 5) is 11.7. The molecule has 3 nitrogen and oxygen atoms in total. The molecule has 2 N–H and O–H groups in total. The predicted molar refractivity (Wildman–Crippen MR) is 79.3 cm³/mol. The molecule has 0 bridgehead atoms. The van der Waals surface area contributed by atoms with Crippen molar-refractivity contribution in [3.05, 3.63) is 27.3 Å². The zero-order valence-electron chi connectivity index (χ0n) is 9.07. The number of phenolic OH excluding ortho intramolecular Hbond substituents is 1. The molecular formula is C12H12INO2S. The summed E-state index contributed by atoms with van der Waals surface area (Å²) in [6.07, 6.45) is 5.11. The van der Waals surface area contributed by atoms with Crippen molar-refractivity contribution >= 4 is 40.3 Å². The van der Waals surface area contributed by atoms with Crippen LogP contribution in [-0.4, -0.2) is 29.1 Å². The fraction of sp³-hybridized carbons (Fsp3) is 0.250. The second-order valence-corrected chi connectivity index (χ2v) is 5.52. The monoisotopic (exact) mass is 361 g/mol. The Kier molecular flexibility index (Phi) is 6.22. The van der Waals surface area contributed by atoms with Crippen LogP contribution in [0.2, 0.25) is 0 Å². The third kappa shape index (κ3) is 4.88. The normalized spacial score (nSPS) is 9.65. The van der Waals surface area contributed by atoms with E-state index in [1.807, 2.05) is 0 Å². The first-order valence-corrected chi connectivity index (χ1v) is 7.16. The Morgan fingerprint density at radius 2 is 2.35 bits per heavy atom. The van der Waals surface area contributed by atoms with Gasteiger partial charge in [0.25, 0.3) is 5.91 Å². The lowest BCUT2D eigenvalue weighted by atomic mass is 10.2. The van der Waals surface area contributed by atoms with Crippen molar-refractivity contribution in [2.24, 2.45) is 0 Å². The summed E-state index contributed by atoms with van der Waals surface area (Å²) in [5, 5.41) is 12.3. The van der Waals surface area contributed by atoms with Crippen molar-refractivity contribution in [1.29, 1.82) is 0 Å².